The van der Waals surface area contributed by atoms with Crippen molar-refractivity contribution in [3.05, 3.63) is 47.6 Å². The molecule has 4 rings (SSSR count). The summed E-state index contributed by atoms with van der Waals surface area (Å²) < 4.78 is 4.15. The highest BCUT2D eigenvalue weighted by Crippen LogP contribution is 2.17. The van der Waals surface area contributed by atoms with Gasteiger partial charge in [0.05, 0.1) is 16.9 Å². The van der Waals surface area contributed by atoms with Crippen molar-refractivity contribution >= 4 is 23.2 Å². The average molecular weight is 331 g/mol. The molecule has 1 aliphatic rings. The molecule has 0 aromatic carbocycles. The normalized spacial score (nSPS) is 16.3. The number of piperazine rings is 1. The van der Waals surface area contributed by atoms with Gasteiger partial charge in [0.15, 0.2) is 0 Å². The summed E-state index contributed by atoms with van der Waals surface area (Å²) in [4.78, 5) is 13.7. The summed E-state index contributed by atoms with van der Waals surface area (Å²) in [7, 11) is 2.04. The van der Waals surface area contributed by atoms with Crippen LogP contribution in [-0.4, -0.2) is 50.0 Å². The van der Waals surface area contributed by atoms with E-state index >= 15 is 0 Å². The number of fused-ring (bicyclic) bond motifs is 1. The fourth-order valence-corrected chi connectivity index (χ4v) is 3.28. The summed E-state index contributed by atoms with van der Waals surface area (Å²) in [6.45, 7) is 4.89. The van der Waals surface area contributed by atoms with Crippen LogP contribution in [0.5, 0.6) is 0 Å². The lowest BCUT2D eigenvalue weighted by molar-refractivity contribution is 0.245. The van der Waals surface area contributed by atoms with Crippen molar-refractivity contribution in [2.45, 2.75) is 6.54 Å². The number of nitrogens with zero attached hydrogens (tertiary/aromatic N) is 6. The van der Waals surface area contributed by atoms with Gasteiger partial charge in [-0.15, -0.1) is 0 Å². The topological polar surface area (TPSA) is 41.6 Å². The van der Waals surface area contributed by atoms with Crippen molar-refractivity contribution in [2.24, 2.45) is 7.05 Å². The molecular weight excluding hydrogens is 312 g/mol. The molecule has 1 saturated heterocycles. The standard InChI is InChI=1S/C16H19ClN6/c1-20-5-4-18-16(20)22-8-6-21(7-9-22)12-14-10-19-15-3-2-13(17)11-23(14)15/h2-5,10-11H,6-9,12H2,1H3. The molecule has 0 spiro atoms. The second-order valence-electron chi connectivity index (χ2n) is 5.93. The maximum Gasteiger partial charge on any atom is 0.205 e. The largest absolute Gasteiger partial charge is 0.340 e. The molecule has 1 aliphatic heterocycles. The van der Waals surface area contributed by atoms with Gasteiger partial charge in [-0.3, -0.25) is 4.90 Å². The van der Waals surface area contributed by atoms with Gasteiger partial charge in [0, 0.05) is 58.4 Å². The molecule has 0 radical (unpaired) electrons. The van der Waals surface area contributed by atoms with Crippen molar-refractivity contribution in [3.8, 4) is 0 Å². The van der Waals surface area contributed by atoms with Crippen molar-refractivity contribution in [1.82, 2.24) is 23.8 Å². The van der Waals surface area contributed by atoms with E-state index in [-0.39, 0.29) is 0 Å². The van der Waals surface area contributed by atoms with Crippen LogP contribution in [-0.2, 0) is 13.6 Å². The second-order valence-corrected chi connectivity index (χ2v) is 6.36. The molecule has 0 N–H and O–H groups in total. The van der Waals surface area contributed by atoms with E-state index in [9.17, 15) is 0 Å². The monoisotopic (exact) mass is 330 g/mol. The molecule has 0 amide bonds. The van der Waals surface area contributed by atoms with E-state index < -0.39 is 0 Å². The Morgan fingerprint density at radius 2 is 1.96 bits per heavy atom. The molecule has 0 saturated carbocycles. The third-order valence-electron chi connectivity index (χ3n) is 4.38. The molecule has 6 nitrogen and oxygen atoms in total. The minimum atomic E-state index is 0.733. The van der Waals surface area contributed by atoms with Crippen LogP contribution in [0.1, 0.15) is 5.69 Å². The number of aryl methyl sites for hydroxylation is 1. The van der Waals surface area contributed by atoms with Gasteiger partial charge < -0.3 is 13.9 Å². The van der Waals surface area contributed by atoms with Gasteiger partial charge in [0.25, 0.3) is 0 Å². The summed E-state index contributed by atoms with van der Waals surface area (Å²) >= 11 is 6.10. The van der Waals surface area contributed by atoms with Crippen LogP contribution in [0, 0.1) is 0 Å². The SMILES string of the molecule is Cn1ccnc1N1CCN(Cc2cnc3ccc(Cl)cn23)CC1. The first kappa shape index (κ1) is 14.5. The lowest BCUT2D eigenvalue weighted by Crippen LogP contribution is -2.46. The quantitative estimate of drug-likeness (QED) is 0.737. The first-order valence-electron chi connectivity index (χ1n) is 7.77. The number of pyridine rings is 1. The van der Waals surface area contributed by atoms with E-state index in [2.05, 4.69) is 28.7 Å². The van der Waals surface area contributed by atoms with Crippen molar-refractivity contribution in [1.29, 1.82) is 0 Å². The maximum absolute atomic E-state index is 6.10. The Bertz CT molecular complexity index is 815. The zero-order chi connectivity index (χ0) is 15.8. The van der Waals surface area contributed by atoms with Gasteiger partial charge >= 0.3 is 0 Å². The minimum Gasteiger partial charge on any atom is -0.340 e. The fourth-order valence-electron chi connectivity index (χ4n) is 3.12. The highest BCUT2D eigenvalue weighted by atomic mass is 35.5. The van der Waals surface area contributed by atoms with E-state index in [1.54, 1.807) is 0 Å². The first-order chi connectivity index (χ1) is 11.2. The van der Waals surface area contributed by atoms with Gasteiger partial charge in [-0.1, -0.05) is 11.6 Å². The molecule has 0 unspecified atom stereocenters. The third-order valence-corrected chi connectivity index (χ3v) is 4.61. The van der Waals surface area contributed by atoms with Gasteiger partial charge in [-0.2, -0.15) is 0 Å². The number of hydrogen-bond donors (Lipinski definition) is 0. The van der Waals surface area contributed by atoms with Crippen LogP contribution in [0.15, 0.2) is 36.9 Å². The highest BCUT2D eigenvalue weighted by Gasteiger charge is 2.20. The minimum absolute atomic E-state index is 0.733. The smallest absolute Gasteiger partial charge is 0.205 e. The zero-order valence-electron chi connectivity index (χ0n) is 13.1. The van der Waals surface area contributed by atoms with E-state index in [0.29, 0.717) is 0 Å². The summed E-state index contributed by atoms with van der Waals surface area (Å²) in [6, 6.07) is 3.82. The Morgan fingerprint density at radius 1 is 1.13 bits per heavy atom. The number of aromatic nitrogens is 4. The van der Waals surface area contributed by atoms with Crippen LogP contribution >= 0.6 is 11.6 Å². The predicted octanol–water partition coefficient (Wildman–Crippen LogP) is 2.04. The Morgan fingerprint density at radius 3 is 2.70 bits per heavy atom. The summed E-state index contributed by atoms with van der Waals surface area (Å²) in [5.41, 5.74) is 2.11. The third kappa shape index (κ3) is 2.80. The number of hydrogen-bond acceptors (Lipinski definition) is 4. The van der Waals surface area contributed by atoms with Gasteiger partial charge in [0.1, 0.15) is 5.65 Å². The van der Waals surface area contributed by atoms with Gasteiger partial charge in [-0.25, -0.2) is 9.97 Å². The Kier molecular flexibility index (Phi) is 3.71. The molecular formula is C16H19ClN6. The van der Waals surface area contributed by atoms with E-state index in [4.69, 9.17) is 11.6 Å². The molecule has 3 aromatic rings. The van der Waals surface area contributed by atoms with E-state index in [0.717, 1.165) is 49.3 Å². The van der Waals surface area contributed by atoms with Crippen LogP contribution in [0.25, 0.3) is 5.65 Å². The fraction of sp³-hybridized carbons (Fsp3) is 0.375. The molecule has 0 bridgehead atoms. The Balaban J connectivity index is 1.44. The molecule has 3 aromatic heterocycles. The Hall–Kier alpha value is -2.05. The number of rotatable bonds is 3. The molecule has 7 heteroatoms. The number of anilines is 1. The number of halogens is 1. The summed E-state index contributed by atoms with van der Waals surface area (Å²) in [5, 5.41) is 0.733. The molecule has 120 valence electrons. The van der Waals surface area contributed by atoms with Crippen molar-refractivity contribution in [3.63, 3.8) is 0 Å². The Labute approximate surface area is 139 Å². The van der Waals surface area contributed by atoms with Crippen LogP contribution in [0.3, 0.4) is 0 Å². The molecule has 4 heterocycles. The number of imidazole rings is 2. The van der Waals surface area contributed by atoms with Gasteiger partial charge in [0.2, 0.25) is 5.95 Å². The highest BCUT2D eigenvalue weighted by molar-refractivity contribution is 6.30. The summed E-state index contributed by atoms with van der Waals surface area (Å²) in [6.07, 6.45) is 7.72. The summed E-state index contributed by atoms with van der Waals surface area (Å²) in [5.74, 6) is 1.05. The molecule has 0 atom stereocenters. The first-order valence-corrected chi connectivity index (χ1v) is 8.14. The lowest BCUT2D eigenvalue weighted by atomic mass is 10.3. The van der Waals surface area contributed by atoms with Crippen LogP contribution in [0.2, 0.25) is 5.02 Å². The molecule has 0 aliphatic carbocycles. The van der Waals surface area contributed by atoms with E-state index in [1.165, 1.54) is 5.69 Å². The maximum atomic E-state index is 6.10. The van der Waals surface area contributed by atoms with Crippen molar-refractivity contribution in [2.75, 3.05) is 31.1 Å². The zero-order valence-corrected chi connectivity index (χ0v) is 13.8. The molecule has 1 fully saturated rings. The van der Waals surface area contributed by atoms with Gasteiger partial charge in [-0.05, 0) is 12.1 Å². The van der Waals surface area contributed by atoms with Crippen molar-refractivity contribution < 1.29 is 0 Å². The van der Waals surface area contributed by atoms with Crippen LogP contribution in [0.4, 0.5) is 5.95 Å². The molecule has 23 heavy (non-hydrogen) atoms. The lowest BCUT2D eigenvalue weighted by Gasteiger charge is -2.35. The van der Waals surface area contributed by atoms with Crippen LogP contribution < -0.4 is 4.90 Å². The second kappa shape index (κ2) is 5.86. The van der Waals surface area contributed by atoms with E-state index in [1.807, 2.05) is 44.0 Å². The average Bonchev–Trinajstić information content (AvgIpc) is 3.15. The predicted molar refractivity (Wildman–Crippen MR) is 90.9 cm³/mol.